The maximum atomic E-state index is 10.7. The minimum atomic E-state index is 0.388. The first-order chi connectivity index (χ1) is 12.9. The van der Waals surface area contributed by atoms with Crippen molar-refractivity contribution in [3.8, 4) is 0 Å². The Morgan fingerprint density at radius 3 is 2.74 bits per heavy atom. The van der Waals surface area contributed by atoms with Crippen LogP contribution >= 0.6 is 0 Å². The van der Waals surface area contributed by atoms with Gasteiger partial charge in [0.25, 0.3) is 0 Å². The van der Waals surface area contributed by atoms with Crippen molar-refractivity contribution in [2.45, 2.75) is 72.6 Å². The molecule has 1 nitrogen and oxygen atoms in total. The fraction of sp³-hybridized carbons (Fsp3) is 0.654. The Labute approximate surface area is 166 Å². The SMILES string of the molecule is C=C1/C(=C\C=C2/CCC[C@]3(C)[C@@H](C(C)/C=C/C=O)CC[C@@H]23)C[C@@H](C)C[C@@H]1C. The molecule has 0 aromatic heterocycles. The van der Waals surface area contributed by atoms with Crippen LogP contribution in [0.2, 0.25) is 0 Å². The molecule has 3 aliphatic carbocycles. The molecule has 0 aromatic rings. The maximum Gasteiger partial charge on any atom is 0.142 e. The lowest BCUT2D eigenvalue weighted by molar-refractivity contribution is -0.104. The van der Waals surface area contributed by atoms with Crippen molar-refractivity contribution in [3.05, 3.63) is 47.6 Å². The lowest BCUT2D eigenvalue weighted by Crippen LogP contribution is -2.35. The zero-order valence-electron chi connectivity index (χ0n) is 17.8. The second-order valence-electron chi connectivity index (χ2n) is 9.88. The van der Waals surface area contributed by atoms with Gasteiger partial charge in [-0.3, -0.25) is 4.79 Å². The summed E-state index contributed by atoms with van der Waals surface area (Å²) in [7, 11) is 0. The van der Waals surface area contributed by atoms with Crippen LogP contribution < -0.4 is 0 Å². The van der Waals surface area contributed by atoms with E-state index in [9.17, 15) is 4.79 Å². The molecule has 0 aromatic carbocycles. The van der Waals surface area contributed by atoms with Gasteiger partial charge in [-0.15, -0.1) is 0 Å². The molecule has 3 saturated carbocycles. The number of carbonyl (C=O) groups excluding carboxylic acids is 1. The Morgan fingerprint density at radius 2 is 2.00 bits per heavy atom. The van der Waals surface area contributed by atoms with Gasteiger partial charge in [0.1, 0.15) is 6.29 Å². The van der Waals surface area contributed by atoms with Crippen LogP contribution in [0.5, 0.6) is 0 Å². The Hall–Kier alpha value is -1.37. The quantitative estimate of drug-likeness (QED) is 0.384. The van der Waals surface area contributed by atoms with Gasteiger partial charge in [-0.1, -0.05) is 58.1 Å². The highest BCUT2D eigenvalue weighted by atomic mass is 16.1. The highest BCUT2D eigenvalue weighted by Gasteiger charge is 2.50. The number of rotatable bonds is 4. The van der Waals surface area contributed by atoms with Crippen molar-refractivity contribution >= 4 is 6.29 Å². The van der Waals surface area contributed by atoms with Crippen molar-refractivity contribution < 1.29 is 4.79 Å². The van der Waals surface area contributed by atoms with E-state index in [0.29, 0.717) is 29.1 Å². The molecule has 27 heavy (non-hydrogen) atoms. The van der Waals surface area contributed by atoms with Crippen LogP contribution in [0.25, 0.3) is 0 Å². The molecular formula is C26H38O. The summed E-state index contributed by atoms with van der Waals surface area (Å²) in [4.78, 5) is 10.7. The van der Waals surface area contributed by atoms with E-state index >= 15 is 0 Å². The van der Waals surface area contributed by atoms with Crippen molar-refractivity contribution in [2.75, 3.05) is 0 Å². The van der Waals surface area contributed by atoms with Gasteiger partial charge in [-0.25, -0.2) is 0 Å². The molecule has 6 atom stereocenters. The summed E-state index contributed by atoms with van der Waals surface area (Å²) < 4.78 is 0. The number of aldehydes is 1. The largest absolute Gasteiger partial charge is 0.299 e. The van der Waals surface area contributed by atoms with E-state index < -0.39 is 0 Å². The zero-order valence-corrected chi connectivity index (χ0v) is 17.8. The van der Waals surface area contributed by atoms with Crippen molar-refractivity contribution in [2.24, 2.45) is 35.0 Å². The first kappa shape index (κ1) is 20.4. The highest BCUT2D eigenvalue weighted by Crippen LogP contribution is 2.59. The minimum Gasteiger partial charge on any atom is -0.299 e. The van der Waals surface area contributed by atoms with Crippen LogP contribution in [0.1, 0.15) is 72.6 Å². The molecule has 0 radical (unpaired) electrons. The molecule has 0 aliphatic heterocycles. The van der Waals surface area contributed by atoms with E-state index in [-0.39, 0.29) is 0 Å². The van der Waals surface area contributed by atoms with Gasteiger partial charge in [0.05, 0.1) is 0 Å². The lowest BCUT2D eigenvalue weighted by atomic mass is 9.61. The fourth-order valence-electron chi connectivity index (χ4n) is 6.53. The summed E-state index contributed by atoms with van der Waals surface area (Å²) in [5.74, 6) is 3.29. The summed E-state index contributed by atoms with van der Waals surface area (Å²) in [6, 6.07) is 0. The summed E-state index contributed by atoms with van der Waals surface area (Å²) in [6.45, 7) is 13.9. The Morgan fingerprint density at radius 1 is 1.22 bits per heavy atom. The monoisotopic (exact) mass is 366 g/mol. The first-order valence-corrected chi connectivity index (χ1v) is 11.1. The molecule has 3 fully saturated rings. The predicted molar refractivity (Wildman–Crippen MR) is 115 cm³/mol. The van der Waals surface area contributed by atoms with Crippen LogP contribution in [0.15, 0.2) is 47.6 Å². The molecule has 0 bridgehead atoms. The first-order valence-electron chi connectivity index (χ1n) is 11.1. The summed E-state index contributed by atoms with van der Waals surface area (Å²) in [5, 5.41) is 0. The van der Waals surface area contributed by atoms with Crippen LogP contribution in [-0.4, -0.2) is 6.29 Å². The average Bonchev–Trinajstić information content (AvgIpc) is 2.99. The van der Waals surface area contributed by atoms with Gasteiger partial charge in [0, 0.05) is 0 Å². The van der Waals surface area contributed by atoms with Gasteiger partial charge in [0.15, 0.2) is 0 Å². The number of hydrogen-bond acceptors (Lipinski definition) is 1. The van der Waals surface area contributed by atoms with Crippen LogP contribution in [0, 0.1) is 35.0 Å². The van der Waals surface area contributed by atoms with Gasteiger partial charge in [-0.05, 0) is 97.2 Å². The molecule has 0 saturated heterocycles. The molecule has 148 valence electrons. The van der Waals surface area contributed by atoms with E-state index in [1.165, 1.54) is 56.1 Å². The second-order valence-corrected chi connectivity index (χ2v) is 9.88. The molecule has 0 N–H and O–H groups in total. The molecule has 0 spiro atoms. The smallest absolute Gasteiger partial charge is 0.142 e. The van der Waals surface area contributed by atoms with Gasteiger partial charge in [0.2, 0.25) is 0 Å². The van der Waals surface area contributed by atoms with E-state index in [2.05, 4.69) is 52.5 Å². The Balaban J connectivity index is 1.81. The summed E-state index contributed by atoms with van der Waals surface area (Å²) in [5.41, 5.74) is 4.90. The maximum absolute atomic E-state index is 10.7. The van der Waals surface area contributed by atoms with Crippen LogP contribution in [0.4, 0.5) is 0 Å². The normalized spacial score (nSPS) is 41.3. The number of carbonyl (C=O) groups is 1. The predicted octanol–water partition coefficient (Wildman–Crippen LogP) is 7.07. The van der Waals surface area contributed by atoms with E-state index in [1.807, 2.05) is 0 Å². The second kappa shape index (κ2) is 8.33. The summed E-state index contributed by atoms with van der Waals surface area (Å²) in [6.07, 6.45) is 18.6. The summed E-state index contributed by atoms with van der Waals surface area (Å²) >= 11 is 0. The topological polar surface area (TPSA) is 17.1 Å². The van der Waals surface area contributed by atoms with E-state index in [1.54, 1.807) is 11.6 Å². The molecule has 0 heterocycles. The molecule has 3 rings (SSSR count). The standard InChI is InChI=1S/C26H38O/c1-18-16-20(3)21(4)23(17-18)11-10-22-9-6-14-26(5)24(12-13-25(22)26)19(2)8-7-15-27/h7-8,10-11,15,18-20,24-25H,4,6,9,12-14,16-17H2,1-3,5H3/b8-7+,22-10+,23-11-/t18-,19?,20-,24+,25-,26+/m0/s1. The highest BCUT2D eigenvalue weighted by molar-refractivity contribution is 5.64. The van der Waals surface area contributed by atoms with Crippen LogP contribution in [0.3, 0.4) is 0 Å². The third kappa shape index (κ3) is 4.08. The van der Waals surface area contributed by atoms with Gasteiger partial charge in [-0.2, -0.15) is 0 Å². The van der Waals surface area contributed by atoms with Gasteiger partial charge < -0.3 is 0 Å². The lowest BCUT2D eigenvalue weighted by Gasteiger charge is -2.44. The van der Waals surface area contributed by atoms with Crippen molar-refractivity contribution in [3.63, 3.8) is 0 Å². The van der Waals surface area contributed by atoms with Crippen molar-refractivity contribution in [1.82, 2.24) is 0 Å². The molecule has 3 aliphatic rings. The molecule has 0 amide bonds. The minimum absolute atomic E-state index is 0.388. The third-order valence-corrected chi connectivity index (χ3v) is 8.00. The fourth-order valence-corrected chi connectivity index (χ4v) is 6.53. The number of fused-ring (bicyclic) bond motifs is 1. The Kier molecular flexibility index (Phi) is 6.28. The number of hydrogen-bond donors (Lipinski definition) is 0. The zero-order chi connectivity index (χ0) is 19.6. The van der Waals surface area contributed by atoms with Crippen LogP contribution in [-0.2, 0) is 4.79 Å². The number of allylic oxidation sites excluding steroid dienone is 7. The Bertz CT molecular complexity index is 664. The molecule has 1 unspecified atom stereocenters. The van der Waals surface area contributed by atoms with Crippen molar-refractivity contribution in [1.29, 1.82) is 0 Å². The third-order valence-electron chi connectivity index (χ3n) is 8.00. The average molecular weight is 367 g/mol. The molecule has 1 heteroatoms. The van der Waals surface area contributed by atoms with E-state index in [0.717, 1.165) is 12.2 Å². The molecular weight excluding hydrogens is 328 g/mol. The van der Waals surface area contributed by atoms with Gasteiger partial charge >= 0.3 is 0 Å². The van der Waals surface area contributed by atoms with E-state index in [4.69, 9.17) is 0 Å².